The van der Waals surface area contributed by atoms with E-state index in [4.69, 9.17) is 16.2 Å². The quantitative estimate of drug-likeness (QED) is 0.0520. The number of aliphatic hydroxyl groups excluding tert-OH is 11. The number of carbonyl (C=O) groups excluding carboxylic acids is 1. The number of hydrogen-bond acceptors (Lipinski definition) is 14. The van der Waals surface area contributed by atoms with Gasteiger partial charge in [-0.05, 0) is 115 Å². The van der Waals surface area contributed by atoms with Crippen LogP contribution in [0, 0.1) is 23.7 Å². The lowest BCUT2D eigenvalue weighted by Gasteiger charge is -2.34. The van der Waals surface area contributed by atoms with Crippen molar-refractivity contribution in [1.29, 1.82) is 0 Å². The molecule has 0 aromatic heterocycles. The molecule has 1 heterocycles. The van der Waals surface area contributed by atoms with E-state index < -0.39 is 91.1 Å². The van der Waals surface area contributed by atoms with Gasteiger partial charge in [-0.3, -0.25) is 9.79 Å². The fraction of sp³-hybridized carbons (Fsp3) is 0.875. The smallest absolute Gasteiger partial charge is 0.311 e. The Bertz CT molecular complexity index is 1350. The minimum Gasteiger partial charge on any atom is -0.461 e. The molecule has 1 aliphatic rings. The fourth-order valence-electron chi connectivity index (χ4n) is 8.74. The Balaban J connectivity index is 3.32. The molecule has 0 bridgehead atoms. The van der Waals surface area contributed by atoms with Gasteiger partial charge in [-0.2, -0.15) is 0 Å². The summed E-state index contributed by atoms with van der Waals surface area (Å²) in [7, 11) is 0. The number of ether oxygens (including phenoxy) is 1. The Morgan fingerprint density at radius 2 is 1.33 bits per heavy atom. The van der Waals surface area contributed by atoms with Crippen LogP contribution in [-0.2, 0) is 9.53 Å². The third kappa shape index (κ3) is 25.1. The summed E-state index contributed by atoms with van der Waals surface area (Å²) in [5.41, 5.74) is 12.3. The van der Waals surface area contributed by atoms with E-state index in [1.165, 1.54) is 6.08 Å². The molecule has 0 radical (unpaired) electrons. The van der Waals surface area contributed by atoms with Gasteiger partial charge in [-0.1, -0.05) is 64.7 Å². The molecular formula is C48H91N3O13. The molecule has 64 heavy (non-hydrogen) atoms. The lowest BCUT2D eigenvalue weighted by atomic mass is 9.84. The highest BCUT2D eigenvalue weighted by Gasteiger charge is 2.37. The highest BCUT2D eigenvalue weighted by atomic mass is 16.5. The van der Waals surface area contributed by atoms with Gasteiger partial charge in [0.15, 0.2) is 5.96 Å². The van der Waals surface area contributed by atoms with Crippen molar-refractivity contribution in [3.05, 3.63) is 23.3 Å². The van der Waals surface area contributed by atoms with Gasteiger partial charge in [0.1, 0.15) is 6.10 Å². The van der Waals surface area contributed by atoms with E-state index in [1.54, 1.807) is 6.92 Å². The number of aliphatic imine (C=N–C) groups is 1. The molecule has 0 fully saturated rings. The molecule has 1 aliphatic heterocycles. The van der Waals surface area contributed by atoms with E-state index in [2.05, 4.69) is 4.99 Å². The summed E-state index contributed by atoms with van der Waals surface area (Å²) in [6.07, 6.45) is -2.61. The van der Waals surface area contributed by atoms with Crippen LogP contribution in [0.15, 0.2) is 28.3 Å². The predicted molar refractivity (Wildman–Crippen MR) is 249 cm³/mol. The molecular weight excluding hydrogens is 827 g/mol. The van der Waals surface area contributed by atoms with Crippen molar-refractivity contribution in [3.8, 4) is 0 Å². The molecule has 16 heteroatoms. The van der Waals surface area contributed by atoms with Gasteiger partial charge in [-0.25, -0.2) is 0 Å². The van der Waals surface area contributed by atoms with Crippen molar-refractivity contribution in [2.75, 3.05) is 6.54 Å². The number of guanidine groups is 1. The number of rotatable bonds is 9. The Hall–Kier alpha value is -2.22. The number of esters is 1. The Morgan fingerprint density at radius 3 is 1.95 bits per heavy atom. The minimum absolute atomic E-state index is 0.0232. The molecule has 16 atom stereocenters. The largest absolute Gasteiger partial charge is 0.461 e. The molecule has 0 saturated carbocycles. The zero-order valence-corrected chi connectivity index (χ0v) is 39.9. The summed E-state index contributed by atoms with van der Waals surface area (Å²) < 4.78 is 6.31. The fourth-order valence-corrected chi connectivity index (χ4v) is 8.74. The molecule has 0 amide bonds. The number of nitrogens with zero attached hydrogens (tertiary/aromatic N) is 1. The molecule has 0 aliphatic carbocycles. The van der Waals surface area contributed by atoms with Crippen LogP contribution in [0.25, 0.3) is 0 Å². The highest BCUT2D eigenvalue weighted by Crippen LogP contribution is 2.31. The van der Waals surface area contributed by atoms with E-state index in [1.807, 2.05) is 40.7 Å². The van der Waals surface area contributed by atoms with Crippen LogP contribution in [0.3, 0.4) is 0 Å². The van der Waals surface area contributed by atoms with Crippen molar-refractivity contribution in [1.82, 2.24) is 0 Å². The monoisotopic (exact) mass is 918 g/mol. The zero-order valence-electron chi connectivity index (χ0n) is 39.9. The second kappa shape index (κ2) is 32.5. The highest BCUT2D eigenvalue weighted by molar-refractivity contribution is 5.75. The first-order chi connectivity index (χ1) is 30.0. The predicted octanol–water partition coefficient (Wildman–Crippen LogP) is 3.00. The van der Waals surface area contributed by atoms with Gasteiger partial charge >= 0.3 is 5.97 Å². The number of unbranched alkanes of at least 4 members (excludes halogenated alkanes) is 1. The molecule has 0 aromatic carbocycles. The molecule has 0 spiro atoms. The van der Waals surface area contributed by atoms with Crippen LogP contribution in [0.5, 0.6) is 0 Å². The normalized spacial score (nSPS) is 35.4. The van der Waals surface area contributed by atoms with Gasteiger partial charge in [0, 0.05) is 31.2 Å². The van der Waals surface area contributed by atoms with Crippen LogP contribution in [-0.4, -0.2) is 148 Å². The maximum absolute atomic E-state index is 14.1. The number of hydrogen-bond donors (Lipinski definition) is 13. The molecule has 1 rings (SSSR count). The number of aliphatic hydroxyl groups is 11. The summed E-state index contributed by atoms with van der Waals surface area (Å²) >= 11 is 0. The van der Waals surface area contributed by atoms with Gasteiger partial charge in [-0.15, -0.1) is 0 Å². The van der Waals surface area contributed by atoms with E-state index in [0.717, 1.165) is 18.4 Å². The maximum Gasteiger partial charge on any atom is 0.311 e. The standard InChI is InChI=1S/C48H91N3O13/c1-7-8-17-40-45(62)30(3)19-20-34(52)15-11-16-36(54)27-42(59)31(4)23-43(60)44(61)28-39(57)26-38(56)25-37(55)24-35(53)14-10-9-13-29(2)22-32(5)46(64-47(40)63)33(6)41(58)18-12-21-51-48(49)50/h22-23,30,32-46,52-62H,7-21,24-28H2,1-6H3,(H4,49,50,51). The first-order valence-corrected chi connectivity index (χ1v) is 24.2. The maximum atomic E-state index is 14.1. The average molecular weight is 918 g/mol. The van der Waals surface area contributed by atoms with Crippen molar-refractivity contribution < 1.29 is 65.7 Å². The summed E-state index contributed by atoms with van der Waals surface area (Å²) in [6.45, 7) is 11.5. The van der Waals surface area contributed by atoms with E-state index in [-0.39, 0.29) is 56.3 Å². The van der Waals surface area contributed by atoms with Crippen LogP contribution in [0.4, 0.5) is 0 Å². The number of carbonyl (C=O) groups is 1. The first-order valence-electron chi connectivity index (χ1n) is 24.2. The van der Waals surface area contributed by atoms with E-state index >= 15 is 0 Å². The summed E-state index contributed by atoms with van der Waals surface area (Å²) in [5, 5.41) is 118. The molecule has 16 unspecified atom stereocenters. The van der Waals surface area contributed by atoms with Crippen LogP contribution in [0.2, 0.25) is 0 Å². The minimum atomic E-state index is -1.44. The Morgan fingerprint density at radius 1 is 0.750 bits per heavy atom. The summed E-state index contributed by atoms with van der Waals surface area (Å²) in [5.74, 6) is -2.56. The SMILES string of the molecule is CCCCC1C(=O)OC(C(C)C(O)CCCN=C(N)N)C(C)C=C(C)CCCCC(O)CC(O)CC(O)CC(O)CC(O)C(O)C=C(C)C(O)CC(O)CCCC(O)CCC(C)C1O. The Kier molecular flexibility index (Phi) is 30.3. The third-order valence-electron chi connectivity index (χ3n) is 12.9. The lowest BCUT2D eigenvalue weighted by Crippen LogP contribution is -2.42. The summed E-state index contributed by atoms with van der Waals surface area (Å²) in [6, 6.07) is 0. The first kappa shape index (κ1) is 59.8. The number of allylic oxidation sites excluding steroid dienone is 1. The summed E-state index contributed by atoms with van der Waals surface area (Å²) in [4.78, 5) is 18.1. The van der Waals surface area contributed by atoms with Crippen molar-refractivity contribution in [2.24, 2.45) is 40.1 Å². The molecule has 376 valence electrons. The van der Waals surface area contributed by atoms with Gasteiger partial charge < -0.3 is 72.4 Å². The van der Waals surface area contributed by atoms with Gasteiger partial charge in [0.2, 0.25) is 0 Å². The van der Waals surface area contributed by atoms with Crippen molar-refractivity contribution in [3.63, 3.8) is 0 Å². The van der Waals surface area contributed by atoms with Crippen molar-refractivity contribution in [2.45, 2.75) is 237 Å². The van der Waals surface area contributed by atoms with E-state index in [0.29, 0.717) is 82.7 Å². The van der Waals surface area contributed by atoms with Gasteiger partial charge in [0.05, 0.1) is 73.1 Å². The zero-order chi connectivity index (χ0) is 48.5. The molecule has 16 nitrogen and oxygen atoms in total. The number of nitrogens with two attached hydrogens (primary N) is 2. The lowest BCUT2D eigenvalue weighted by molar-refractivity contribution is -0.167. The Labute approximate surface area is 383 Å². The second-order valence-corrected chi connectivity index (χ2v) is 19.2. The van der Waals surface area contributed by atoms with Crippen LogP contribution < -0.4 is 11.5 Å². The molecule has 0 aromatic rings. The van der Waals surface area contributed by atoms with Gasteiger partial charge in [0.25, 0.3) is 0 Å². The third-order valence-corrected chi connectivity index (χ3v) is 12.9. The topological polar surface area (TPSA) is 313 Å². The average Bonchev–Trinajstić information content (AvgIpc) is 3.20. The second-order valence-electron chi connectivity index (χ2n) is 19.2. The van der Waals surface area contributed by atoms with Crippen LogP contribution in [0.1, 0.15) is 164 Å². The molecule has 15 N–H and O–H groups in total. The molecule has 0 saturated heterocycles. The van der Waals surface area contributed by atoms with E-state index in [9.17, 15) is 61.0 Å². The van der Waals surface area contributed by atoms with Crippen molar-refractivity contribution >= 4 is 11.9 Å². The van der Waals surface area contributed by atoms with Crippen LogP contribution >= 0.6 is 0 Å². The number of cyclic esters (lactones) is 1.